The van der Waals surface area contributed by atoms with E-state index >= 15 is 0 Å². The Labute approximate surface area is 159 Å². The van der Waals surface area contributed by atoms with Crippen molar-refractivity contribution in [2.45, 2.75) is 26.3 Å². The number of halogens is 2. The lowest BCUT2D eigenvalue weighted by molar-refractivity contribution is -0.121. The molecule has 0 radical (unpaired) electrons. The summed E-state index contributed by atoms with van der Waals surface area (Å²) in [4.78, 5) is 35.8. The van der Waals surface area contributed by atoms with Gasteiger partial charge < -0.3 is 10.3 Å². The van der Waals surface area contributed by atoms with Gasteiger partial charge in [-0.25, -0.2) is 13.8 Å². The average molecular weight is 384 g/mol. The molecule has 2 heterocycles. The van der Waals surface area contributed by atoms with E-state index < -0.39 is 29.1 Å². The highest BCUT2D eigenvalue weighted by molar-refractivity contribution is 5.79. The van der Waals surface area contributed by atoms with Crippen LogP contribution in [0.2, 0.25) is 0 Å². The number of amides is 1. The lowest BCUT2D eigenvalue weighted by Gasteiger charge is -2.15. The van der Waals surface area contributed by atoms with Gasteiger partial charge in [0.15, 0.2) is 5.82 Å². The van der Waals surface area contributed by atoms with Gasteiger partial charge in [0.05, 0.1) is 12.5 Å². The van der Waals surface area contributed by atoms with Crippen LogP contribution in [0.5, 0.6) is 0 Å². The van der Waals surface area contributed by atoms with E-state index in [0.29, 0.717) is 17.2 Å². The largest absolute Gasteiger partial charge is 0.349 e. The summed E-state index contributed by atoms with van der Waals surface area (Å²) in [6.45, 7) is 3.21. The topological polar surface area (TPSA) is 87.7 Å². The summed E-state index contributed by atoms with van der Waals surface area (Å²) in [5, 5.41) is 2.61. The van der Waals surface area contributed by atoms with Crippen LogP contribution in [-0.4, -0.2) is 20.9 Å². The highest BCUT2D eigenvalue weighted by Crippen LogP contribution is 2.18. The molecule has 0 spiro atoms. The zero-order valence-corrected chi connectivity index (χ0v) is 15.3. The normalized spacial score (nSPS) is 11.9. The maximum Gasteiger partial charge on any atom is 0.255 e. The Balaban J connectivity index is 1.76. The zero-order chi connectivity index (χ0) is 20.3. The van der Waals surface area contributed by atoms with Crippen LogP contribution in [0, 0.1) is 18.6 Å². The fourth-order valence-electron chi connectivity index (χ4n) is 2.83. The summed E-state index contributed by atoms with van der Waals surface area (Å²) in [6.07, 6.45) is 1.37. The summed E-state index contributed by atoms with van der Waals surface area (Å²) in [7, 11) is 0. The van der Waals surface area contributed by atoms with E-state index in [1.165, 1.54) is 6.07 Å². The standard InChI is InChI=1S/C20H18F2N4O2/c1-11(14-7-6-13(21)9-16(14)22)24-18(27)10-15-12(2)25-19(26-20(15)28)17-5-3-4-8-23-17/h3-9,11H,10H2,1-2H3,(H,24,27)(H,25,26,28)/t11-/m0/s1. The lowest BCUT2D eigenvalue weighted by atomic mass is 10.1. The van der Waals surface area contributed by atoms with E-state index in [2.05, 4.69) is 20.3 Å². The van der Waals surface area contributed by atoms with Crippen LogP contribution in [0.4, 0.5) is 8.78 Å². The number of H-pyrrole nitrogens is 1. The van der Waals surface area contributed by atoms with Crippen LogP contribution < -0.4 is 10.9 Å². The molecule has 8 heteroatoms. The van der Waals surface area contributed by atoms with Crippen molar-refractivity contribution in [1.82, 2.24) is 20.3 Å². The molecule has 0 fully saturated rings. The van der Waals surface area contributed by atoms with Crippen molar-refractivity contribution in [2.24, 2.45) is 0 Å². The molecule has 144 valence electrons. The number of hydrogen-bond acceptors (Lipinski definition) is 4. The Morgan fingerprint density at radius 1 is 1.25 bits per heavy atom. The fraction of sp³-hybridized carbons (Fsp3) is 0.200. The van der Waals surface area contributed by atoms with E-state index in [9.17, 15) is 18.4 Å². The minimum Gasteiger partial charge on any atom is -0.349 e. The number of aromatic nitrogens is 3. The molecule has 6 nitrogen and oxygen atoms in total. The maximum atomic E-state index is 13.8. The summed E-state index contributed by atoms with van der Waals surface area (Å²) < 4.78 is 26.9. The molecular weight excluding hydrogens is 366 g/mol. The molecule has 2 N–H and O–H groups in total. The molecule has 0 unspecified atom stereocenters. The summed E-state index contributed by atoms with van der Waals surface area (Å²) >= 11 is 0. The molecule has 28 heavy (non-hydrogen) atoms. The number of aromatic amines is 1. The van der Waals surface area contributed by atoms with E-state index in [-0.39, 0.29) is 17.5 Å². The third kappa shape index (κ3) is 4.28. The summed E-state index contributed by atoms with van der Waals surface area (Å²) in [6, 6.07) is 7.70. The van der Waals surface area contributed by atoms with Gasteiger partial charge in [0.2, 0.25) is 5.91 Å². The van der Waals surface area contributed by atoms with Gasteiger partial charge in [-0.3, -0.25) is 14.6 Å². The number of rotatable bonds is 5. The van der Waals surface area contributed by atoms with Crippen LogP contribution in [0.25, 0.3) is 11.5 Å². The molecule has 1 atom stereocenters. The van der Waals surface area contributed by atoms with Crippen LogP contribution in [0.3, 0.4) is 0 Å². The van der Waals surface area contributed by atoms with Crippen LogP contribution in [0.1, 0.15) is 29.8 Å². The van der Waals surface area contributed by atoms with Crippen LogP contribution in [-0.2, 0) is 11.2 Å². The Kier molecular flexibility index (Phi) is 5.58. The predicted octanol–water partition coefficient (Wildman–Crippen LogP) is 2.84. The molecule has 0 aliphatic rings. The number of nitrogens with zero attached hydrogens (tertiary/aromatic N) is 2. The van der Waals surface area contributed by atoms with Crippen molar-refractivity contribution < 1.29 is 13.6 Å². The van der Waals surface area contributed by atoms with Gasteiger partial charge in [0.1, 0.15) is 17.3 Å². The molecule has 3 rings (SSSR count). The molecule has 0 aliphatic carbocycles. The van der Waals surface area contributed by atoms with Gasteiger partial charge in [-0.05, 0) is 32.0 Å². The summed E-state index contributed by atoms with van der Waals surface area (Å²) in [5.41, 5.74) is 0.844. The third-order valence-electron chi connectivity index (χ3n) is 4.27. The second-order valence-electron chi connectivity index (χ2n) is 6.33. The molecular formula is C20H18F2N4O2. The van der Waals surface area contributed by atoms with E-state index in [1.54, 1.807) is 38.2 Å². The second kappa shape index (κ2) is 8.08. The van der Waals surface area contributed by atoms with Gasteiger partial charge in [-0.2, -0.15) is 0 Å². The van der Waals surface area contributed by atoms with Crippen molar-refractivity contribution in [3.05, 3.63) is 81.4 Å². The van der Waals surface area contributed by atoms with Crippen molar-refractivity contribution in [3.8, 4) is 11.5 Å². The Morgan fingerprint density at radius 2 is 2.04 bits per heavy atom. The van der Waals surface area contributed by atoms with E-state index in [1.807, 2.05) is 0 Å². The number of hydrogen-bond donors (Lipinski definition) is 2. The molecule has 0 saturated heterocycles. The van der Waals surface area contributed by atoms with Crippen molar-refractivity contribution in [2.75, 3.05) is 0 Å². The molecule has 2 aromatic heterocycles. The SMILES string of the molecule is Cc1nc(-c2ccccn2)[nH]c(=O)c1CC(=O)N[C@@H](C)c1ccc(F)cc1F. The Morgan fingerprint density at radius 3 is 2.68 bits per heavy atom. The van der Waals surface area contributed by atoms with Gasteiger partial charge in [-0.15, -0.1) is 0 Å². The predicted molar refractivity (Wildman–Crippen MR) is 99.4 cm³/mol. The number of nitrogens with one attached hydrogen (secondary N) is 2. The Hall–Kier alpha value is -3.42. The monoisotopic (exact) mass is 384 g/mol. The van der Waals surface area contributed by atoms with E-state index in [4.69, 9.17) is 0 Å². The highest BCUT2D eigenvalue weighted by atomic mass is 19.1. The summed E-state index contributed by atoms with van der Waals surface area (Å²) in [5.74, 6) is -1.60. The zero-order valence-electron chi connectivity index (χ0n) is 15.3. The quantitative estimate of drug-likeness (QED) is 0.708. The second-order valence-corrected chi connectivity index (χ2v) is 6.33. The van der Waals surface area contributed by atoms with Crippen molar-refractivity contribution in [1.29, 1.82) is 0 Å². The van der Waals surface area contributed by atoms with Crippen molar-refractivity contribution in [3.63, 3.8) is 0 Å². The minimum atomic E-state index is -0.747. The van der Waals surface area contributed by atoms with Gasteiger partial charge in [0.25, 0.3) is 5.56 Å². The molecule has 0 bridgehead atoms. The first-order chi connectivity index (χ1) is 13.3. The molecule has 0 saturated carbocycles. The fourth-order valence-corrected chi connectivity index (χ4v) is 2.83. The maximum absolute atomic E-state index is 13.8. The van der Waals surface area contributed by atoms with Gasteiger partial charge in [0, 0.05) is 29.1 Å². The Bertz CT molecular complexity index is 1070. The van der Waals surface area contributed by atoms with Crippen LogP contribution in [0.15, 0.2) is 47.4 Å². The van der Waals surface area contributed by atoms with Gasteiger partial charge in [-0.1, -0.05) is 12.1 Å². The molecule has 1 aromatic carbocycles. The molecule has 3 aromatic rings. The number of benzene rings is 1. The number of carbonyl (C=O) groups excluding carboxylic acids is 1. The van der Waals surface area contributed by atoms with Gasteiger partial charge >= 0.3 is 0 Å². The highest BCUT2D eigenvalue weighted by Gasteiger charge is 2.18. The first kappa shape index (κ1) is 19.3. The molecule has 1 amide bonds. The molecule has 0 aliphatic heterocycles. The third-order valence-corrected chi connectivity index (χ3v) is 4.27. The number of carbonyl (C=O) groups is 1. The first-order valence-corrected chi connectivity index (χ1v) is 8.60. The smallest absolute Gasteiger partial charge is 0.255 e. The first-order valence-electron chi connectivity index (χ1n) is 8.60. The number of pyridine rings is 1. The van der Waals surface area contributed by atoms with E-state index in [0.717, 1.165) is 12.1 Å². The van der Waals surface area contributed by atoms with Crippen LogP contribution >= 0.6 is 0 Å². The minimum absolute atomic E-state index is 0.156. The number of aryl methyl sites for hydroxylation is 1. The van der Waals surface area contributed by atoms with Crippen molar-refractivity contribution >= 4 is 5.91 Å². The lowest BCUT2D eigenvalue weighted by Crippen LogP contribution is -2.31. The average Bonchev–Trinajstić information content (AvgIpc) is 2.65.